The van der Waals surface area contributed by atoms with Gasteiger partial charge < -0.3 is 10.2 Å². The molecular formula is C9H16N4. The highest BCUT2D eigenvalue weighted by atomic mass is 15.1. The first kappa shape index (κ1) is 9.92. The molecule has 1 aromatic heterocycles. The van der Waals surface area contributed by atoms with Crippen molar-refractivity contribution in [2.75, 3.05) is 33.0 Å². The van der Waals surface area contributed by atoms with E-state index >= 15 is 0 Å². The van der Waals surface area contributed by atoms with Crippen molar-refractivity contribution in [3.05, 3.63) is 18.1 Å². The fourth-order valence-corrected chi connectivity index (χ4v) is 0.982. The third-order valence-electron chi connectivity index (χ3n) is 1.74. The van der Waals surface area contributed by atoms with Gasteiger partial charge in [-0.05, 0) is 20.2 Å². The molecule has 0 atom stereocenters. The van der Waals surface area contributed by atoms with Gasteiger partial charge in [-0.2, -0.15) is 0 Å². The van der Waals surface area contributed by atoms with Gasteiger partial charge in [0, 0.05) is 26.2 Å². The van der Waals surface area contributed by atoms with Gasteiger partial charge in [0.05, 0.1) is 0 Å². The van der Waals surface area contributed by atoms with Gasteiger partial charge in [-0.25, -0.2) is 9.97 Å². The number of nitrogens with zero attached hydrogens (tertiary/aromatic N) is 3. The number of hydrogen-bond donors (Lipinski definition) is 1. The van der Waals surface area contributed by atoms with Crippen LogP contribution in [0.1, 0.15) is 5.82 Å². The van der Waals surface area contributed by atoms with Crippen LogP contribution in [0.25, 0.3) is 0 Å². The van der Waals surface area contributed by atoms with E-state index in [1.165, 1.54) is 0 Å². The van der Waals surface area contributed by atoms with Gasteiger partial charge in [-0.15, -0.1) is 0 Å². The molecule has 13 heavy (non-hydrogen) atoms. The number of hydrogen-bond acceptors (Lipinski definition) is 4. The van der Waals surface area contributed by atoms with Crippen LogP contribution in [0.5, 0.6) is 0 Å². The first-order valence-corrected chi connectivity index (χ1v) is 4.37. The minimum absolute atomic E-state index is 0.878. The van der Waals surface area contributed by atoms with Crippen molar-refractivity contribution in [1.29, 1.82) is 0 Å². The minimum Gasteiger partial charge on any atom is -0.373 e. The molecule has 1 N–H and O–H groups in total. The highest BCUT2D eigenvalue weighted by Gasteiger charge is 1.98. The highest BCUT2D eigenvalue weighted by molar-refractivity contribution is 5.31. The van der Waals surface area contributed by atoms with E-state index in [2.05, 4.69) is 20.2 Å². The van der Waals surface area contributed by atoms with Crippen LogP contribution < -0.4 is 5.32 Å². The zero-order chi connectivity index (χ0) is 9.68. The second-order valence-corrected chi connectivity index (χ2v) is 3.16. The molecule has 0 amide bonds. The first-order valence-electron chi connectivity index (χ1n) is 4.37. The molecule has 1 rings (SSSR count). The summed E-state index contributed by atoms with van der Waals surface area (Å²) in [5, 5.41) is 2.99. The monoisotopic (exact) mass is 180 g/mol. The third-order valence-corrected chi connectivity index (χ3v) is 1.74. The topological polar surface area (TPSA) is 41.1 Å². The molecule has 4 heteroatoms. The van der Waals surface area contributed by atoms with Crippen molar-refractivity contribution >= 4 is 5.82 Å². The Hall–Kier alpha value is -1.16. The SMILES string of the molecule is CNc1ccnc(CCN(C)C)n1. The van der Waals surface area contributed by atoms with E-state index in [9.17, 15) is 0 Å². The zero-order valence-corrected chi connectivity index (χ0v) is 8.41. The molecule has 0 bridgehead atoms. The largest absolute Gasteiger partial charge is 0.373 e. The van der Waals surface area contributed by atoms with E-state index in [-0.39, 0.29) is 0 Å². The van der Waals surface area contributed by atoms with Crippen molar-refractivity contribution in [2.24, 2.45) is 0 Å². The molecule has 0 saturated heterocycles. The van der Waals surface area contributed by atoms with Crippen LogP contribution in [0.15, 0.2) is 12.3 Å². The maximum atomic E-state index is 4.31. The Morgan fingerprint density at radius 1 is 1.46 bits per heavy atom. The second-order valence-electron chi connectivity index (χ2n) is 3.16. The number of rotatable bonds is 4. The number of nitrogens with one attached hydrogen (secondary N) is 1. The van der Waals surface area contributed by atoms with Crippen molar-refractivity contribution in [3.8, 4) is 0 Å². The fourth-order valence-electron chi connectivity index (χ4n) is 0.982. The summed E-state index contributed by atoms with van der Waals surface area (Å²) in [6.07, 6.45) is 2.67. The van der Waals surface area contributed by atoms with E-state index in [0.29, 0.717) is 0 Å². The molecule has 0 radical (unpaired) electrons. The molecule has 0 fully saturated rings. The molecule has 4 nitrogen and oxygen atoms in total. The average Bonchev–Trinajstić information content (AvgIpc) is 2.15. The summed E-state index contributed by atoms with van der Waals surface area (Å²) in [7, 11) is 5.95. The molecule has 0 aliphatic carbocycles. The third kappa shape index (κ3) is 3.38. The Morgan fingerprint density at radius 3 is 2.85 bits per heavy atom. The van der Waals surface area contributed by atoms with Crippen LogP contribution >= 0.6 is 0 Å². The summed E-state index contributed by atoms with van der Waals surface area (Å²) in [6, 6.07) is 1.86. The molecule has 0 spiro atoms. The Morgan fingerprint density at radius 2 is 2.23 bits per heavy atom. The van der Waals surface area contributed by atoms with Gasteiger partial charge in [0.25, 0.3) is 0 Å². The van der Waals surface area contributed by atoms with Gasteiger partial charge in [0.15, 0.2) is 0 Å². The lowest BCUT2D eigenvalue weighted by Crippen LogP contribution is -2.16. The molecule has 1 heterocycles. The number of likely N-dealkylation sites (N-methyl/N-ethyl adjacent to an activating group) is 1. The van der Waals surface area contributed by atoms with Crippen LogP contribution in [0.2, 0.25) is 0 Å². The average molecular weight is 180 g/mol. The summed E-state index contributed by atoms with van der Waals surface area (Å²) < 4.78 is 0. The van der Waals surface area contributed by atoms with E-state index < -0.39 is 0 Å². The maximum Gasteiger partial charge on any atom is 0.131 e. The van der Waals surface area contributed by atoms with Crippen LogP contribution in [0, 0.1) is 0 Å². The Bertz CT molecular complexity index is 260. The maximum absolute atomic E-state index is 4.31. The summed E-state index contributed by atoms with van der Waals surface area (Å²) in [4.78, 5) is 10.6. The summed E-state index contributed by atoms with van der Waals surface area (Å²) in [6.45, 7) is 0.979. The smallest absolute Gasteiger partial charge is 0.131 e. The molecule has 0 saturated carbocycles. The molecular weight excluding hydrogens is 164 g/mol. The van der Waals surface area contributed by atoms with Crippen LogP contribution in [0.4, 0.5) is 5.82 Å². The normalized spacial score (nSPS) is 10.5. The lowest BCUT2D eigenvalue weighted by molar-refractivity contribution is 0.409. The summed E-state index contributed by atoms with van der Waals surface area (Å²) >= 11 is 0. The van der Waals surface area contributed by atoms with Crippen molar-refractivity contribution in [2.45, 2.75) is 6.42 Å². The van der Waals surface area contributed by atoms with Crippen LogP contribution in [-0.4, -0.2) is 42.6 Å². The van der Waals surface area contributed by atoms with Crippen LogP contribution in [-0.2, 0) is 6.42 Å². The summed E-state index contributed by atoms with van der Waals surface area (Å²) in [5.74, 6) is 1.77. The van der Waals surface area contributed by atoms with Gasteiger partial charge >= 0.3 is 0 Å². The lowest BCUT2D eigenvalue weighted by atomic mass is 10.4. The molecule has 1 aromatic rings. The van der Waals surface area contributed by atoms with Crippen molar-refractivity contribution in [3.63, 3.8) is 0 Å². The predicted octanol–water partition coefficient (Wildman–Crippen LogP) is 0.622. The second kappa shape index (κ2) is 4.77. The van der Waals surface area contributed by atoms with E-state index in [1.807, 2.05) is 27.2 Å². The van der Waals surface area contributed by atoms with Crippen molar-refractivity contribution in [1.82, 2.24) is 14.9 Å². The standard InChI is InChI=1S/C9H16N4/c1-10-8-4-6-11-9(12-8)5-7-13(2)3/h4,6H,5,7H2,1-3H3,(H,10,11,12). The lowest BCUT2D eigenvalue weighted by Gasteiger charge is -2.08. The molecule has 0 aliphatic rings. The van der Waals surface area contributed by atoms with Gasteiger partial charge in [0.2, 0.25) is 0 Å². The van der Waals surface area contributed by atoms with E-state index in [0.717, 1.165) is 24.6 Å². The fraction of sp³-hybridized carbons (Fsp3) is 0.556. The van der Waals surface area contributed by atoms with Gasteiger partial charge in [0.1, 0.15) is 11.6 Å². The van der Waals surface area contributed by atoms with Gasteiger partial charge in [-0.1, -0.05) is 0 Å². The highest BCUT2D eigenvalue weighted by Crippen LogP contribution is 2.00. The van der Waals surface area contributed by atoms with Gasteiger partial charge in [-0.3, -0.25) is 0 Å². The molecule has 0 aromatic carbocycles. The first-order chi connectivity index (χ1) is 6.22. The van der Waals surface area contributed by atoms with E-state index in [1.54, 1.807) is 6.20 Å². The van der Waals surface area contributed by atoms with Crippen molar-refractivity contribution < 1.29 is 0 Å². The quantitative estimate of drug-likeness (QED) is 0.737. The number of aromatic nitrogens is 2. The molecule has 72 valence electrons. The Kier molecular flexibility index (Phi) is 3.64. The molecule has 0 aliphatic heterocycles. The minimum atomic E-state index is 0.878. The summed E-state index contributed by atoms with van der Waals surface area (Å²) in [5.41, 5.74) is 0. The zero-order valence-electron chi connectivity index (χ0n) is 8.41. The Balaban J connectivity index is 2.56. The number of anilines is 1. The van der Waals surface area contributed by atoms with E-state index in [4.69, 9.17) is 0 Å². The van der Waals surface area contributed by atoms with Crippen LogP contribution in [0.3, 0.4) is 0 Å². The molecule has 0 unspecified atom stereocenters. The Labute approximate surface area is 79.0 Å². The predicted molar refractivity (Wildman–Crippen MR) is 53.8 cm³/mol.